The molecule has 0 saturated heterocycles. The van der Waals surface area contributed by atoms with Crippen LogP contribution in [0.5, 0.6) is 0 Å². The highest BCUT2D eigenvalue weighted by Crippen LogP contribution is 2.32. The molecule has 2 N–H and O–H groups in total. The van der Waals surface area contributed by atoms with Gasteiger partial charge in [0.1, 0.15) is 0 Å². The van der Waals surface area contributed by atoms with Gasteiger partial charge < -0.3 is 5.73 Å². The maximum atomic E-state index is 10.9. The number of benzene rings is 1. The Balaban J connectivity index is 2.51. The number of nitro groups is 1. The fourth-order valence-corrected chi connectivity index (χ4v) is 2.70. The Morgan fingerprint density at radius 1 is 1.44 bits per heavy atom. The van der Waals surface area contributed by atoms with E-state index in [1.807, 2.05) is 0 Å². The number of unbranched alkanes of at least 4 members (excludes halogenated alkanes) is 1. The number of thioether (sulfide) groups is 1. The van der Waals surface area contributed by atoms with E-state index in [2.05, 4.69) is 15.9 Å². The van der Waals surface area contributed by atoms with Crippen molar-refractivity contribution >= 4 is 39.3 Å². The van der Waals surface area contributed by atoms with Crippen molar-refractivity contribution in [2.45, 2.75) is 24.2 Å². The van der Waals surface area contributed by atoms with Crippen LogP contribution in [-0.4, -0.2) is 16.6 Å². The molecule has 0 radical (unpaired) electrons. The van der Waals surface area contributed by atoms with Crippen molar-refractivity contribution in [1.29, 1.82) is 0 Å². The van der Waals surface area contributed by atoms with Crippen molar-refractivity contribution < 1.29 is 9.72 Å². The third-order valence-corrected chi connectivity index (χ3v) is 3.84. The summed E-state index contributed by atoms with van der Waals surface area (Å²) < 4.78 is 0.687. The number of primary amides is 1. The molecule has 0 bridgehead atoms. The van der Waals surface area contributed by atoms with Crippen LogP contribution in [-0.2, 0) is 4.79 Å². The lowest BCUT2D eigenvalue weighted by atomic mass is 10.2. The van der Waals surface area contributed by atoms with Crippen molar-refractivity contribution in [3.8, 4) is 0 Å². The molecule has 0 aromatic heterocycles. The summed E-state index contributed by atoms with van der Waals surface area (Å²) in [5.41, 5.74) is 5.13. The molecule has 1 amide bonds. The van der Waals surface area contributed by atoms with Gasteiger partial charge in [-0.05, 0) is 30.7 Å². The van der Waals surface area contributed by atoms with Gasteiger partial charge >= 0.3 is 0 Å². The number of hydrogen-bond donors (Lipinski definition) is 1. The minimum atomic E-state index is -0.392. The Morgan fingerprint density at radius 3 is 2.78 bits per heavy atom. The summed E-state index contributed by atoms with van der Waals surface area (Å²) in [5, 5.41) is 10.9. The van der Waals surface area contributed by atoms with E-state index >= 15 is 0 Å². The van der Waals surface area contributed by atoms with Gasteiger partial charge in [-0.15, -0.1) is 11.8 Å². The van der Waals surface area contributed by atoms with Gasteiger partial charge in [-0.1, -0.05) is 15.9 Å². The molecule has 1 aromatic carbocycles. The average Bonchev–Trinajstić information content (AvgIpc) is 2.29. The van der Waals surface area contributed by atoms with E-state index in [9.17, 15) is 14.9 Å². The Kier molecular flexibility index (Phi) is 6.14. The van der Waals surface area contributed by atoms with Crippen LogP contribution in [0.4, 0.5) is 5.69 Å². The molecular formula is C11H13BrN2O3S. The number of rotatable bonds is 7. The van der Waals surface area contributed by atoms with Gasteiger partial charge in [0, 0.05) is 17.0 Å². The highest BCUT2D eigenvalue weighted by Gasteiger charge is 2.14. The summed E-state index contributed by atoms with van der Waals surface area (Å²) in [6, 6.07) is 4.99. The molecule has 0 spiro atoms. The number of nitrogens with zero attached hydrogens (tertiary/aromatic N) is 1. The first-order valence-electron chi connectivity index (χ1n) is 5.35. The molecule has 1 rings (SSSR count). The zero-order chi connectivity index (χ0) is 13.5. The Labute approximate surface area is 117 Å². The number of halogens is 1. The Morgan fingerprint density at radius 2 is 2.17 bits per heavy atom. The van der Waals surface area contributed by atoms with Crippen LogP contribution in [0.15, 0.2) is 27.6 Å². The number of nitro benzene ring substituents is 1. The van der Waals surface area contributed by atoms with Crippen molar-refractivity contribution in [3.05, 3.63) is 32.8 Å². The first-order valence-corrected chi connectivity index (χ1v) is 7.13. The molecule has 0 fully saturated rings. The quantitative estimate of drug-likeness (QED) is 0.359. The lowest BCUT2D eigenvalue weighted by molar-refractivity contribution is -0.387. The first-order chi connectivity index (χ1) is 8.50. The molecule has 0 saturated carbocycles. The van der Waals surface area contributed by atoms with E-state index in [0.29, 0.717) is 22.2 Å². The van der Waals surface area contributed by atoms with E-state index in [4.69, 9.17) is 5.73 Å². The lowest BCUT2D eigenvalue weighted by Gasteiger charge is -2.03. The Bertz CT molecular complexity index is 454. The fraction of sp³-hybridized carbons (Fsp3) is 0.364. The predicted octanol–water partition coefficient (Wildman–Crippen LogP) is 3.11. The summed E-state index contributed by atoms with van der Waals surface area (Å²) in [7, 11) is 0. The minimum absolute atomic E-state index is 0.101. The van der Waals surface area contributed by atoms with Gasteiger partial charge in [-0.3, -0.25) is 14.9 Å². The largest absolute Gasteiger partial charge is 0.370 e. The third kappa shape index (κ3) is 5.05. The summed E-state index contributed by atoms with van der Waals surface area (Å²) in [4.78, 5) is 21.6. The van der Waals surface area contributed by atoms with Crippen molar-refractivity contribution in [2.75, 3.05) is 5.75 Å². The number of carbonyl (C=O) groups is 1. The van der Waals surface area contributed by atoms with E-state index in [1.54, 1.807) is 12.1 Å². The SMILES string of the molecule is NC(=O)CCCCSc1ccc(Br)cc1[N+](=O)[O-]. The Hall–Kier alpha value is -1.08. The van der Waals surface area contributed by atoms with Gasteiger partial charge in [0.2, 0.25) is 5.91 Å². The van der Waals surface area contributed by atoms with Crippen molar-refractivity contribution in [2.24, 2.45) is 5.73 Å². The molecule has 0 aliphatic rings. The summed E-state index contributed by atoms with van der Waals surface area (Å²) in [5.74, 6) is 0.421. The summed E-state index contributed by atoms with van der Waals surface area (Å²) in [6.07, 6.45) is 1.89. The molecule has 0 aliphatic carbocycles. The van der Waals surface area contributed by atoms with E-state index in [0.717, 1.165) is 12.2 Å². The molecule has 0 aliphatic heterocycles. The van der Waals surface area contributed by atoms with Crippen LogP contribution in [0.2, 0.25) is 0 Å². The zero-order valence-corrected chi connectivity index (χ0v) is 12.0. The highest BCUT2D eigenvalue weighted by atomic mass is 79.9. The van der Waals surface area contributed by atoms with Crippen LogP contribution in [0.25, 0.3) is 0 Å². The molecule has 0 unspecified atom stereocenters. The zero-order valence-electron chi connectivity index (χ0n) is 9.60. The number of nitrogens with two attached hydrogens (primary N) is 1. The second kappa shape index (κ2) is 7.38. The van der Waals surface area contributed by atoms with Gasteiger partial charge in [-0.2, -0.15) is 0 Å². The van der Waals surface area contributed by atoms with Crippen LogP contribution in [0.1, 0.15) is 19.3 Å². The van der Waals surface area contributed by atoms with Gasteiger partial charge in [-0.25, -0.2) is 0 Å². The van der Waals surface area contributed by atoms with Crippen LogP contribution in [0, 0.1) is 10.1 Å². The summed E-state index contributed by atoms with van der Waals surface area (Å²) in [6.45, 7) is 0. The molecule has 7 heteroatoms. The normalized spacial score (nSPS) is 10.3. The van der Waals surface area contributed by atoms with Crippen molar-refractivity contribution in [1.82, 2.24) is 0 Å². The summed E-state index contributed by atoms with van der Waals surface area (Å²) >= 11 is 4.63. The molecule has 1 aromatic rings. The van der Waals surface area contributed by atoms with Gasteiger partial charge in [0.25, 0.3) is 5.69 Å². The maximum absolute atomic E-state index is 10.9. The van der Waals surface area contributed by atoms with Crippen LogP contribution >= 0.6 is 27.7 Å². The van der Waals surface area contributed by atoms with Crippen molar-refractivity contribution in [3.63, 3.8) is 0 Å². The third-order valence-electron chi connectivity index (χ3n) is 2.19. The molecule has 98 valence electrons. The molecule has 5 nitrogen and oxygen atoms in total. The predicted molar refractivity (Wildman–Crippen MR) is 74.6 cm³/mol. The van der Waals surface area contributed by atoms with Gasteiger partial charge in [0.15, 0.2) is 0 Å². The number of carbonyl (C=O) groups excluding carboxylic acids is 1. The van der Waals surface area contributed by atoms with E-state index < -0.39 is 4.92 Å². The van der Waals surface area contributed by atoms with E-state index in [-0.39, 0.29) is 11.6 Å². The van der Waals surface area contributed by atoms with Crippen LogP contribution < -0.4 is 5.73 Å². The first kappa shape index (κ1) is 15.0. The van der Waals surface area contributed by atoms with E-state index in [1.165, 1.54) is 17.8 Å². The molecule has 0 atom stereocenters. The molecule has 0 heterocycles. The van der Waals surface area contributed by atoms with Crippen LogP contribution in [0.3, 0.4) is 0 Å². The minimum Gasteiger partial charge on any atom is -0.370 e. The molecular weight excluding hydrogens is 320 g/mol. The van der Waals surface area contributed by atoms with Gasteiger partial charge in [0.05, 0.1) is 9.82 Å². The smallest absolute Gasteiger partial charge is 0.283 e. The molecule has 18 heavy (non-hydrogen) atoms. The number of amides is 1. The highest BCUT2D eigenvalue weighted by molar-refractivity contribution is 9.10. The maximum Gasteiger partial charge on any atom is 0.283 e. The second-order valence-electron chi connectivity index (χ2n) is 3.64. The standard InChI is InChI=1S/C11H13BrN2O3S/c12-8-4-5-10(9(7-8)14(16)17)18-6-2-1-3-11(13)15/h4-5,7H,1-3,6H2,(H2,13,15). The topological polar surface area (TPSA) is 86.2 Å². The average molecular weight is 333 g/mol. The number of hydrogen-bond acceptors (Lipinski definition) is 4. The lowest BCUT2D eigenvalue weighted by Crippen LogP contribution is -2.09. The fourth-order valence-electron chi connectivity index (χ4n) is 1.34. The monoisotopic (exact) mass is 332 g/mol. The second-order valence-corrected chi connectivity index (χ2v) is 5.69.